The van der Waals surface area contributed by atoms with Crippen LogP contribution < -0.4 is 10.1 Å². The molecule has 0 aliphatic carbocycles. The molecular weight excluding hydrogens is 363 g/mol. The molecule has 0 spiro atoms. The van der Waals surface area contributed by atoms with Crippen molar-refractivity contribution in [3.05, 3.63) is 64.4 Å². The van der Waals surface area contributed by atoms with Crippen LogP contribution in [0.5, 0.6) is 5.75 Å². The average molecular weight is 377 g/mol. The van der Waals surface area contributed by atoms with Crippen molar-refractivity contribution in [1.29, 1.82) is 0 Å². The number of anilines is 1. The minimum absolute atomic E-state index is 0.129. The highest BCUT2D eigenvalue weighted by molar-refractivity contribution is 6.35. The summed E-state index contributed by atoms with van der Waals surface area (Å²) in [5.41, 5.74) is 0.701. The highest BCUT2D eigenvalue weighted by atomic mass is 35.5. The van der Waals surface area contributed by atoms with E-state index in [4.69, 9.17) is 27.9 Å². The molecule has 2 aromatic heterocycles. The van der Waals surface area contributed by atoms with Crippen LogP contribution in [0.25, 0.3) is 5.82 Å². The second kappa shape index (κ2) is 7.55. The number of aryl methyl sites for hydroxylation is 1. The Balaban J connectivity index is 1.75. The molecule has 3 aromatic rings. The van der Waals surface area contributed by atoms with Crippen LogP contribution in [0.1, 0.15) is 5.69 Å². The van der Waals surface area contributed by atoms with Crippen LogP contribution in [0.4, 0.5) is 5.82 Å². The predicted octanol–water partition coefficient (Wildman–Crippen LogP) is 3.90. The molecule has 1 aromatic carbocycles. The first kappa shape index (κ1) is 17.3. The summed E-state index contributed by atoms with van der Waals surface area (Å²) in [7, 11) is 0. The topological polar surface area (TPSA) is 69.0 Å². The molecule has 8 heteroatoms. The van der Waals surface area contributed by atoms with Gasteiger partial charge < -0.3 is 10.1 Å². The van der Waals surface area contributed by atoms with Crippen LogP contribution >= 0.6 is 23.2 Å². The molecule has 0 bridgehead atoms. The van der Waals surface area contributed by atoms with Crippen LogP contribution in [-0.2, 0) is 4.79 Å². The average Bonchev–Trinajstić information content (AvgIpc) is 2.94. The number of halogens is 2. The Morgan fingerprint density at radius 3 is 2.72 bits per heavy atom. The molecule has 0 saturated carbocycles. The molecule has 3 rings (SSSR count). The highest BCUT2D eigenvalue weighted by Gasteiger charge is 2.15. The lowest BCUT2D eigenvalue weighted by Gasteiger charge is -2.10. The van der Waals surface area contributed by atoms with E-state index in [0.717, 1.165) is 0 Å². The van der Waals surface area contributed by atoms with Crippen LogP contribution in [0.3, 0.4) is 0 Å². The first-order valence-corrected chi connectivity index (χ1v) is 8.14. The number of nitrogens with zero attached hydrogens (tertiary/aromatic N) is 3. The lowest BCUT2D eigenvalue weighted by atomic mass is 10.3. The smallest absolute Gasteiger partial charge is 0.263 e. The fraction of sp³-hybridized carbons (Fsp3) is 0.118. The van der Waals surface area contributed by atoms with E-state index < -0.39 is 0 Å². The quantitative estimate of drug-likeness (QED) is 0.732. The van der Waals surface area contributed by atoms with Crippen molar-refractivity contribution in [2.45, 2.75) is 6.92 Å². The molecule has 128 valence electrons. The Hall–Kier alpha value is -2.57. The van der Waals surface area contributed by atoms with Crippen molar-refractivity contribution in [1.82, 2.24) is 14.8 Å². The number of carbonyl (C=O) groups is 1. The first-order valence-electron chi connectivity index (χ1n) is 7.39. The summed E-state index contributed by atoms with van der Waals surface area (Å²) in [4.78, 5) is 16.3. The van der Waals surface area contributed by atoms with Gasteiger partial charge in [0.25, 0.3) is 5.91 Å². The van der Waals surface area contributed by atoms with Crippen molar-refractivity contribution in [2.24, 2.45) is 0 Å². The fourth-order valence-corrected chi connectivity index (χ4v) is 2.62. The van der Waals surface area contributed by atoms with Gasteiger partial charge >= 0.3 is 0 Å². The Bertz CT molecular complexity index is 897. The van der Waals surface area contributed by atoms with Crippen molar-refractivity contribution in [2.75, 3.05) is 11.9 Å². The highest BCUT2D eigenvalue weighted by Crippen LogP contribution is 2.24. The largest absolute Gasteiger partial charge is 0.484 e. The molecular formula is C17H14Cl2N4O2. The third-order valence-corrected chi connectivity index (χ3v) is 3.69. The van der Waals surface area contributed by atoms with E-state index in [1.54, 1.807) is 31.2 Å². The molecule has 1 N–H and O–H groups in total. The normalized spacial score (nSPS) is 10.5. The Morgan fingerprint density at radius 1 is 1.24 bits per heavy atom. The number of pyridine rings is 1. The number of nitrogens with one attached hydrogen (secondary N) is 1. The molecule has 0 aliphatic rings. The zero-order valence-electron chi connectivity index (χ0n) is 13.2. The maximum absolute atomic E-state index is 12.2. The summed E-state index contributed by atoms with van der Waals surface area (Å²) in [6, 6.07) is 12.4. The first-order chi connectivity index (χ1) is 12.0. The summed E-state index contributed by atoms with van der Waals surface area (Å²) >= 11 is 12.0. The zero-order valence-corrected chi connectivity index (χ0v) is 14.8. The van der Waals surface area contributed by atoms with Crippen molar-refractivity contribution < 1.29 is 9.53 Å². The summed E-state index contributed by atoms with van der Waals surface area (Å²) in [6.45, 7) is 1.67. The maximum atomic E-state index is 12.2. The van der Waals surface area contributed by atoms with Gasteiger partial charge in [0.15, 0.2) is 12.4 Å². The lowest BCUT2D eigenvalue weighted by Crippen LogP contribution is -2.22. The number of aromatic nitrogens is 3. The molecule has 0 saturated heterocycles. The number of hydrogen-bond acceptors (Lipinski definition) is 4. The van der Waals surface area contributed by atoms with Crippen molar-refractivity contribution in [3.63, 3.8) is 0 Å². The summed E-state index contributed by atoms with van der Waals surface area (Å²) in [5, 5.41) is 7.80. The van der Waals surface area contributed by atoms with Gasteiger partial charge in [0.2, 0.25) is 0 Å². The number of carbonyl (C=O) groups excluding carboxylic acids is 1. The Morgan fingerprint density at radius 2 is 2.00 bits per heavy atom. The van der Waals surface area contributed by atoms with Gasteiger partial charge in [-0.3, -0.25) is 4.79 Å². The van der Waals surface area contributed by atoms with Gasteiger partial charge in [-0.1, -0.05) is 41.4 Å². The van der Waals surface area contributed by atoms with Gasteiger partial charge in [0.05, 0.1) is 15.7 Å². The molecule has 0 fully saturated rings. The molecule has 0 aliphatic heterocycles. The van der Waals surface area contributed by atoms with Gasteiger partial charge in [0.1, 0.15) is 11.6 Å². The second-order valence-corrected chi connectivity index (χ2v) is 6.04. The standard InChI is InChI=1S/C17H14Cl2N4O2/c1-11-7-15(21-16(24)10-25-13-5-3-2-4-6-13)23(22-11)17-14(19)8-12(18)9-20-17/h2-9H,10H2,1H3,(H,21,24). The van der Waals surface area contributed by atoms with Gasteiger partial charge in [-0.15, -0.1) is 0 Å². The Labute approximate surface area is 154 Å². The molecule has 0 unspecified atom stereocenters. The van der Waals surface area contributed by atoms with Crippen LogP contribution in [0, 0.1) is 6.92 Å². The van der Waals surface area contributed by atoms with E-state index in [1.807, 2.05) is 18.2 Å². The van der Waals surface area contributed by atoms with Crippen molar-refractivity contribution in [3.8, 4) is 11.6 Å². The van der Waals surface area contributed by atoms with E-state index in [-0.39, 0.29) is 12.5 Å². The van der Waals surface area contributed by atoms with E-state index in [1.165, 1.54) is 10.9 Å². The van der Waals surface area contributed by atoms with Crippen LogP contribution in [0.2, 0.25) is 10.0 Å². The number of para-hydroxylation sites is 1. The monoisotopic (exact) mass is 376 g/mol. The number of benzene rings is 1. The van der Waals surface area contributed by atoms with Crippen LogP contribution in [0.15, 0.2) is 48.7 Å². The lowest BCUT2D eigenvalue weighted by molar-refractivity contribution is -0.118. The second-order valence-electron chi connectivity index (χ2n) is 5.19. The minimum Gasteiger partial charge on any atom is -0.484 e. The van der Waals surface area contributed by atoms with E-state index in [2.05, 4.69) is 15.4 Å². The summed E-state index contributed by atoms with van der Waals surface area (Å²) < 4.78 is 6.88. The molecule has 1 amide bonds. The summed E-state index contributed by atoms with van der Waals surface area (Å²) in [5.74, 6) is 1.11. The van der Waals surface area contributed by atoms with Gasteiger partial charge in [0, 0.05) is 12.3 Å². The number of ether oxygens (including phenoxy) is 1. The third kappa shape index (κ3) is 4.29. The van der Waals surface area contributed by atoms with Crippen molar-refractivity contribution >= 4 is 34.9 Å². The van der Waals surface area contributed by atoms with Gasteiger partial charge in [-0.2, -0.15) is 9.78 Å². The Kier molecular flexibility index (Phi) is 5.21. The molecule has 0 atom stereocenters. The SMILES string of the molecule is Cc1cc(NC(=O)COc2ccccc2)n(-c2ncc(Cl)cc2Cl)n1. The third-order valence-electron chi connectivity index (χ3n) is 3.20. The minimum atomic E-state index is -0.324. The number of rotatable bonds is 5. The van der Waals surface area contributed by atoms with Gasteiger partial charge in [-0.05, 0) is 25.1 Å². The zero-order chi connectivity index (χ0) is 17.8. The van der Waals surface area contributed by atoms with E-state index in [9.17, 15) is 4.79 Å². The predicted molar refractivity (Wildman–Crippen MR) is 96.7 cm³/mol. The molecule has 0 radical (unpaired) electrons. The summed E-state index contributed by atoms with van der Waals surface area (Å²) in [6.07, 6.45) is 1.46. The number of amides is 1. The maximum Gasteiger partial charge on any atom is 0.263 e. The van der Waals surface area contributed by atoms with Gasteiger partial charge in [-0.25, -0.2) is 4.98 Å². The van der Waals surface area contributed by atoms with Crippen LogP contribution in [-0.4, -0.2) is 27.3 Å². The molecule has 6 nitrogen and oxygen atoms in total. The van der Waals surface area contributed by atoms with E-state index >= 15 is 0 Å². The fourth-order valence-electron chi connectivity index (χ4n) is 2.16. The molecule has 2 heterocycles. The number of hydrogen-bond donors (Lipinski definition) is 1. The van der Waals surface area contributed by atoms with E-state index in [0.29, 0.717) is 33.1 Å². The molecule has 25 heavy (non-hydrogen) atoms.